The second-order valence-electron chi connectivity index (χ2n) is 5.67. The van der Waals surface area contributed by atoms with Crippen molar-refractivity contribution in [1.29, 1.82) is 0 Å². The molecule has 18 heavy (non-hydrogen) atoms. The van der Waals surface area contributed by atoms with Gasteiger partial charge in [-0.25, -0.2) is 4.79 Å². The Morgan fingerprint density at radius 1 is 1.00 bits per heavy atom. The molecule has 5 nitrogen and oxygen atoms in total. The van der Waals surface area contributed by atoms with Crippen molar-refractivity contribution in [3.63, 3.8) is 0 Å². The summed E-state index contributed by atoms with van der Waals surface area (Å²) in [7, 11) is 8.14. The Balaban J connectivity index is 4.70. The van der Waals surface area contributed by atoms with Crippen molar-refractivity contribution in [2.75, 3.05) is 67.5 Å². The van der Waals surface area contributed by atoms with Crippen molar-refractivity contribution >= 4 is 5.97 Å². The highest BCUT2D eigenvalue weighted by molar-refractivity contribution is 5.67. The summed E-state index contributed by atoms with van der Waals surface area (Å²) in [6.45, 7) is 6.97. The Morgan fingerprint density at radius 2 is 1.44 bits per heavy atom. The molecule has 0 saturated carbocycles. The zero-order valence-electron chi connectivity index (χ0n) is 12.6. The number of carbonyl (C=O) groups is 1. The number of quaternary nitrogens is 1. The molecule has 0 aromatic rings. The van der Waals surface area contributed by atoms with Gasteiger partial charge in [0.2, 0.25) is 0 Å². The van der Waals surface area contributed by atoms with Crippen molar-refractivity contribution in [1.82, 2.24) is 9.80 Å². The van der Waals surface area contributed by atoms with Gasteiger partial charge in [0.15, 0.2) is 6.54 Å². The molecule has 0 aromatic carbocycles. The van der Waals surface area contributed by atoms with Crippen LogP contribution >= 0.6 is 0 Å². The van der Waals surface area contributed by atoms with E-state index >= 15 is 0 Å². The first-order chi connectivity index (χ1) is 8.31. The van der Waals surface area contributed by atoms with Crippen LogP contribution in [0.25, 0.3) is 0 Å². The highest BCUT2D eigenvalue weighted by Crippen LogP contribution is 2.09. The third kappa shape index (κ3) is 7.63. The highest BCUT2D eigenvalue weighted by atomic mass is 16.4. The molecule has 0 unspecified atom stereocenters. The molecule has 0 fully saturated rings. The van der Waals surface area contributed by atoms with E-state index in [1.807, 2.05) is 28.2 Å². The number of carboxylic acids is 1. The van der Waals surface area contributed by atoms with Crippen LogP contribution in [0, 0.1) is 0 Å². The zero-order chi connectivity index (χ0) is 14.2. The molecule has 0 aromatic heterocycles. The molecule has 0 aliphatic rings. The minimum atomic E-state index is -0.694. The monoisotopic (exact) mass is 260 g/mol. The summed E-state index contributed by atoms with van der Waals surface area (Å²) in [5.41, 5.74) is 0. The summed E-state index contributed by atoms with van der Waals surface area (Å²) < 4.78 is 0.683. The predicted octanol–water partition coefficient (Wildman–Crippen LogP) is 0.421. The molecule has 0 amide bonds. The first-order valence-electron chi connectivity index (χ1n) is 6.67. The molecule has 0 aliphatic heterocycles. The third-order valence-corrected chi connectivity index (χ3v) is 3.21. The molecular formula is C13H30N3O2+. The molecule has 0 atom stereocenters. The van der Waals surface area contributed by atoms with Crippen molar-refractivity contribution in [3.8, 4) is 0 Å². The molecule has 0 saturated heterocycles. The van der Waals surface area contributed by atoms with E-state index < -0.39 is 5.97 Å². The van der Waals surface area contributed by atoms with E-state index in [0.717, 1.165) is 39.1 Å². The molecule has 0 aliphatic carbocycles. The summed E-state index contributed by atoms with van der Waals surface area (Å²) in [6.07, 6.45) is 1.02. The Morgan fingerprint density at radius 3 is 1.72 bits per heavy atom. The lowest BCUT2D eigenvalue weighted by molar-refractivity contribution is -0.920. The third-order valence-electron chi connectivity index (χ3n) is 3.21. The minimum absolute atomic E-state index is 0.232. The number of likely N-dealkylation sites (N-methyl/N-ethyl adjacent to an activating group) is 2. The summed E-state index contributed by atoms with van der Waals surface area (Å²) in [5.74, 6) is -0.694. The second-order valence-corrected chi connectivity index (χ2v) is 5.67. The summed E-state index contributed by atoms with van der Waals surface area (Å²) in [5, 5.41) is 9.16. The molecule has 1 N–H and O–H groups in total. The van der Waals surface area contributed by atoms with Crippen LogP contribution in [0.2, 0.25) is 0 Å². The zero-order valence-corrected chi connectivity index (χ0v) is 12.6. The quantitative estimate of drug-likeness (QED) is 0.578. The lowest BCUT2D eigenvalue weighted by Gasteiger charge is -2.38. The highest BCUT2D eigenvalue weighted by Gasteiger charge is 2.29. The number of hydrogen-bond acceptors (Lipinski definition) is 3. The average molecular weight is 260 g/mol. The van der Waals surface area contributed by atoms with E-state index in [9.17, 15) is 4.79 Å². The van der Waals surface area contributed by atoms with Crippen molar-refractivity contribution in [2.24, 2.45) is 0 Å². The SMILES string of the molecule is CCC[N+](CCN(C)C)(CCN(C)C)CC(=O)O. The predicted molar refractivity (Wildman–Crippen MR) is 74.8 cm³/mol. The molecule has 0 heterocycles. The van der Waals surface area contributed by atoms with Crippen molar-refractivity contribution in [3.05, 3.63) is 0 Å². The Labute approximate surface area is 112 Å². The maximum Gasteiger partial charge on any atom is 0.359 e. The van der Waals surface area contributed by atoms with E-state index in [1.54, 1.807) is 0 Å². The largest absolute Gasteiger partial charge is 0.477 e. The van der Waals surface area contributed by atoms with E-state index in [2.05, 4.69) is 16.7 Å². The van der Waals surface area contributed by atoms with Crippen LogP contribution in [0.5, 0.6) is 0 Å². The fourth-order valence-corrected chi connectivity index (χ4v) is 2.16. The van der Waals surface area contributed by atoms with Gasteiger partial charge in [-0.05, 0) is 34.6 Å². The fourth-order valence-electron chi connectivity index (χ4n) is 2.16. The van der Waals surface area contributed by atoms with Crippen LogP contribution in [0.3, 0.4) is 0 Å². The van der Waals surface area contributed by atoms with Crippen LogP contribution < -0.4 is 0 Å². The van der Waals surface area contributed by atoms with Crippen LogP contribution in [-0.2, 0) is 4.79 Å². The van der Waals surface area contributed by atoms with E-state index in [-0.39, 0.29) is 6.54 Å². The van der Waals surface area contributed by atoms with Gasteiger partial charge in [-0.3, -0.25) is 0 Å². The number of aliphatic carboxylic acids is 1. The van der Waals surface area contributed by atoms with Gasteiger partial charge in [-0.15, -0.1) is 0 Å². The standard InChI is InChI=1S/C13H29N3O2/c1-6-9-16(12-13(17)18,10-7-14(2)3)11-8-15(4)5/h6-12H2,1-5H3/p+1. The number of carboxylic acid groups (broad SMARTS) is 1. The minimum Gasteiger partial charge on any atom is -0.477 e. The molecule has 0 spiro atoms. The molecule has 108 valence electrons. The van der Waals surface area contributed by atoms with Crippen LogP contribution in [0.4, 0.5) is 0 Å². The van der Waals surface area contributed by atoms with Crippen LogP contribution in [0.1, 0.15) is 13.3 Å². The van der Waals surface area contributed by atoms with Gasteiger partial charge < -0.3 is 19.4 Å². The topological polar surface area (TPSA) is 43.8 Å². The van der Waals surface area contributed by atoms with Crippen LogP contribution in [0.15, 0.2) is 0 Å². The van der Waals surface area contributed by atoms with Gasteiger partial charge in [0.05, 0.1) is 19.6 Å². The first-order valence-corrected chi connectivity index (χ1v) is 6.67. The van der Waals surface area contributed by atoms with Gasteiger partial charge in [0, 0.05) is 13.1 Å². The van der Waals surface area contributed by atoms with Gasteiger partial charge >= 0.3 is 5.97 Å². The second kappa shape index (κ2) is 8.45. The Bertz CT molecular complexity index is 230. The van der Waals surface area contributed by atoms with E-state index in [1.165, 1.54) is 0 Å². The summed E-state index contributed by atoms with van der Waals surface area (Å²) in [4.78, 5) is 15.4. The van der Waals surface area contributed by atoms with Crippen LogP contribution in [-0.4, -0.2) is 92.8 Å². The lowest BCUT2D eigenvalue weighted by Crippen LogP contribution is -2.56. The molecule has 5 heteroatoms. The number of hydrogen-bond donors (Lipinski definition) is 1. The van der Waals surface area contributed by atoms with Gasteiger partial charge in [0.1, 0.15) is 0 Å². The number of rotatable bonds is 10. The van der Waals surface area contributed by atoms with Gasteiger partial charge in [0.25, 0.3) is 0 Å². The fraction of sp³-hybridized carbons (Fsp3) is 0.923. The molecule has 0 bridgehead atoms. The average Bonchev–Trinajstić information content (AvgIpc) is 2.23. The maximum absolute atomic E-state index is 11.1. The van der Waals surface area contributed by atoms with Crippen molar-refractivity contribution in [2.45, 2.75) is 13.3 Å². The van der Waals surface area contributed by atoms with E-state index in [0.29, 0.717) is 4.48 Å². The first kappa shape index (κ1) is 17.4. The normalized spacial score (nSPS) is 12.4. The Hall–Kier alpha value is -0.650. The molecule has 0 radical (unpaired) electrons. The van der Waals surface area contributed by atoms with E-state index in [4.69, 9.17) is 5.11 Å². The summed E-state index contributed by atoms with van der Waals surface area (Å²) >= 11 is 0. The smallest absolute Gasteiger partial charge is 0.359 e. The summed E-state index contributed by atoms with van der Waals surface area (Å²) in [6, 6.07) is 0. The van der Waals surface area contributed by atoms with Crippen molar-refractivity contribution < 1.29 is 14.4 Å². The number of nitrogens with zero attached hydrogens (tertiary/aromatic N) is 3. The van der Waals surface area contributed by atoms with Gasteiger partial charge in [-0.1, -0.05) is 6.92 Å². The Kier molecular flexibility index (Phi) is 8.15. The molecular weight excluding hydrogens is 230 g/mol. The lowest BCUT2D eigenvalue weighted by atomic mass is 10.2. The van der Waals surface area contributed by atoms with Gasteiger partial charge in [-0.2, -0.15) is 0 Å². The molecule has 0 rings (SSSR count). The maximum atomic E-state index is 11.1.